The first-order valence-electron chi connectivity index (χ1n) is 8.77. The predicted molar refractivity (Wildman–Crippen MR) is 101 cm³/mol. The van der Waals surface area contributed by atoms with Crippen LogP contribution in [0.25, 0.3) is 0 Å². The molecule has 5 N–H and O–H groups in total. The van der Waals surface area contributed by atoms with Gasteiger partial charge in [-0.1, -0.05) is 40.5 Å². The standard InChI is InChI=1S/C17H33N3O4S/c1-6-10(3)13(18)15(21)20-14(11(4)7-2)16(22)19-12(17(23)24)8-9-25-5/h10-14H,6-9,18H2,1-5H3,(H,19,22)(H,20,21)(H,23,24). The number of thioether (sulfide) groups is 1. The summed E-state index contributed by atoms with van der Waals surface area (Å²) in [7, 11) is 0. The van der Waals surface area contributed by atoms with E-state index in [0.29, 0.717) is 18.6 Å². The molecule has 146 valence electrons. The number of carbonyl (C=O) groups is 3. The van der Waals surface area contributed by atoms with Gasteiger partial charge in [0.15, 0.2) is 0 Å². The summed E-state index contributed by atoms with van der Waals surface area (Å²) < 4.78 is 0. The van der Waals surface area contributed by atoms with Gasteiger partial charge in [-0.2, -0.15) is 11.8 Å². The topological polar surface area (TPSA) is 122 Å². The monoisotopic (exact) mass is 375 g/mol. The minimum Gasteiger partial charge on any atom is -0.480 e. The molecule has 0 rings (SSSR count). The lowest BCUT2D eigenvalue weighted by atomic mass is 9.95. The Kier molecular flexibility index (Phi) is 11.5. The fraction of sp³-hybridized carbons (Fsp3) is 0.824. The van der Waals surface area contributed by atoms with E-state index in [1.165, 1.54) is 11.8 Å². The summed E-state index contributed by atoms with van der Waals surface area (Å²) in [6, 6.07) is -2.47. The van der Waals surface area contributed by atoms with Crippen molar-refractivity contribution in [2.24, 2.45) is 17.6 Å². The van der Waals surface area contributed by atoms with Crippen molar-refractivity contribution in [1.29, 1.82) is 0 Å². The average molecular weight is 376 g/mol. The number of aliphatic carboxylic acids is 1. The van der Waals surface area contributed by atoms with Crippen LogP contribution in [0.1, 0.15) is 47.0 Å². The zero-order valence-corrected chi connectivity index (χ0v) is 16.7. The molecule has 0 aromatic heterocycles. The van der Waals surface area contributed by atoms with Crippen LogP contribution >= 0.6 is 11.8 Å². The van der Waals surface area contributed by atoms with Gasteiger partial charge >= 0.3 is 5.97 Å². The second-order valence-corrected chi connectivity index (χ2v) is 7.45. The molecule has 0 bridgehead atoms. The first-order valence-corrected chi connectivity index (χ1v) is 10.2. The van der Waals surface area contributed by atoms with Gasteiger partial charge in [-0.15, -0.1) is 0 Å². The lowest BCUT2D eigenvalue weighted by Crippen LogP contribution is -2.57. The highest BCUT2D eigenvalue weighted by atomic mass is 32.2. The summed E-state index contributed by atoms with van der Waals surface area (Å²) in [6.45, 7) is 7.58. The third kappa shape index (κ3) is 8.09. The van der Waals surface area contributed by atoms with E-state index in [1.54, 1.807) is 0 Å². The Morgan fingerprint density at radius 1 is 1.04 bits per heavy atom. The maximum Gasteiger partial charge on any atom is 0.326 e. The Bertz CT molecular complexity index is 448. The molecular formula is C17H33N3O4S. The summed E-state index contributed by atoms with van der Waals surface area (Å²) in [6.07, 6.45) is 3.62. The number of carboxylic acids is 1. The van der Waals surface area contributed by atoms with Crippen molar-refractivity contribution in [2.75, 3.05) is 12.0 Å². The number of rotatable bonds is 12. The highest BCUT2D eigenvalue weighted by Gasteiger charge is 2.31. The molecule has 0 spiro atoms. The molecule has 0 saturated heterocycles. The third-order valence-electron chi connectivity index (χ3n) is 4.58. The second-order valence-electron chi connectivity index (χ2n) is 6.46. The maximum absolute atomic E-state index is 12.6. The van der Waals surface area contributed by atoms with Crippen molar-refractivity contribution in [1.82, 2.24) is 10.6 Å². The Morgan fingerprint density at radius 3 is 2.04 bits per heavy atom. The van der Waals surface area contributed by atoms with Crippen LogP contribution < -0.4 is 16.4 Å². The fourth-order valence-electron chi connectivity index (χ4n) is 2.22. The van der Waals surface area contributed by atoms with Crippen LogP contribution in [0.4, 0.5) is 0 Å². The van der Waals surface area contributed by atoms with Crippen LogP contribution in [0.5, 0.6) is 0 Å². The van der Waals surface area contributed by atoms with E-state index in [2.05, 4.69) is 10.6 Å². The molecule has 7 nitrogen and oxygen atoms in total. The predicted octanol–water partition coefficient (Wildman–Crippen LogP) is 1.21. The summed E-state index contributed by atoms with van der Waals surface area (Å²) in [5, 5.41) is 14.5. The minimum atomic E-state index is -1.08. The Labute approximate surface area is 154 Å². The number of carbonyl (C=O) groups excluding carboxylic acids is 2. The summed E-state index contributed by atoms with van der Waals surface area (Å²) in [4.78, 5) is 36.2. The molecule has 0 radical (unpaired) electrons. The van der Waals surface area contributed by atoms with Gasteiger partial charge in [-0.05, 0) is 30.3 Å². The van der Waals surface area contributed by atoms with E-state index in [1.807, 2.05) is 34.0 Å². The van der Waals surface area contributed by atoms with Gasteiger partial charge in [0.2, 0.25) is 11.8 Å². The normalized spacial score (nSPS) is 17.0. The van der Waals surface area contributed by atoms with E-state index in [4.69, 9.17) is 5.73 Å². The van der Waals surface area contributed by atoms with Gasteiger partial charge in [0, 0.05) is 0 Å². The van der Waals surface area contributed by atoms with Crippen LogP contribution in [0.3, 0.4) is 0 Å². The van der Waals surface area contributed by atoms with Gasteiger partial charge in [-0.25, -0.2) is 4.79 Å². The number of amides is 2. The lowest BCUT2D eigenvalue weighted by molar-refractivity contribution is -0.142. The van der Waals surface area contributed by atoms with E-state index < -0.39 is 30.0 Å². The highest BCUT2D eigenvalue weighted by Crippen LogP contribution is 2.12. The van der Waals surface area contributed by atoms with Crippen LogP contribution in [-0.2, 0) is 14.4 Å². The molecule has 0 aromatic carbocycles. The van der Waals surface area contributed by atoms with Crippen LogP contribution in [0.2, 0.25) is 0 Å². The van der Waals surface area contributed by atoms with Crippen molar-refractivity contribution in [3.8, 4) is 0 Å². The number of carboxylic acid groups (broad SMARTS) is 1. The highest BCUT2D eigenvalue weighted by molar-refractivity contribution is 7.98. The van der Waals surface area contributed by atoms with Crippen molar-refractivity contribution >= 4 is 29.5 Å². The maximum atomic E-state index is 12.6. The van der Waals surface area contributed by atoms with Crippen LogP contribution in [-0.4, -0.2) is 53.0 Å². The summed E-state index contributed by atoms with van der Waals surface area (Å²) in [5.74, 6) is -1.46. The summed E-state index contributed by atoms with van der Waals surface area (Å²) in [5.41, 5.74) is 5.94. The molecule has 0 saturated carbocycles. The first-order chi connectivity index (χ1) is 11.7. The van der Waals surface area contributed by atoms with Crippen molar-refractivity contribution in [3.63, 3.8) is 0 Å². The number of hydrogen-bond donors (Lipinski definition) is 4. The third-order valence-corrected chi connectivity index (χ3v) is 5.22. The van der Waals surface area contributed by atoms with Crippen LogP contribution in [0, 0.1) is 11.8 Å². The van der Waals surface area contributed by atoms with Crippen molar-refractivity contribution < 1.29 is 19.5 Å². The smallest absolute Gasteiger partial charge is 0.326 e. The Balaban J connectivity index is 5.09. The molecular weight excluding hydrogens is 342 g/mol. The van der Waals surface area contributed by atoms with Crippen molar-refractivity contribution in [2.45, 2.75) is 65.1 Å². The minimum absolute atomic E-state index is 0.00556. The van der Waals surface area contributed by atoms with Gasteiger partial charge in [0.1, 0.15) is 12.1 Å². The molecule has 0 fully saturated rings. The quantitative estimate of drug-likeness (QED) is 0.407. The lowest BCUT2D eigenvalue weighted by Gasteiger charge is -2.27. The molecule has 0 aliphatic rings. The van der Waals surface area contributed by atoms with Crippen LogP contribution in [0.15, 0.2) is 0 Å². The molecule has 8 heteroatoms. The molecule has 5 atom stereocenters. The number of nitrogens with one attached hydrogen (secondary N) is 2. The van der Waals surface area contributed by atoms with E-state index in [0.717, 1.165) is 6.42 Å². The zero-order chi connectivity index (χ0) is 19.6. The van der Waals surface area contributed by atoms with E-state index >= 15 is 0 Å². The molecule has 25 heavy (non-hydrogen) atoms. The Morgan fingerprint density at radius 2 is 1.60 bits per heavy atom. The Hall–Kier alpha value is -1.28. The molecule has 5 unspecified atom stereocenters. The van der Waals surface area contributed by atoms with Gasteiger partial charge < -0.3 is 21.5 Å². The molecule has 0 aliphatic carbocycles. The number of nitrogens with two attached hydrogens (primary N) is 1. The first kappa shape index (κ1) is 23.7. The molecule has 0 heterocycles. The second kappa shape index (κ2) is 12.1. The van der Waals surface area contributed by atoms with Gasteiger partial charge in [0.05, 0.1) is 6.04 Å². The van der Waals surface area contributed by atoms with E-state index in [-0.39, 0.29) is 17.7 Å². The molecule has 2 amide bonds. The zero-order valence-electron chi connectivity index (χ0n) is 15.9. The fourth-order valence-corrected chi connectivity index (χ4v) is 2.69. The molecule has 0 aliphatic heterocycles. The SMILES string of the molecule is CCC(C)C(N)C(=O)NC(C(=O)NC(CCSC)C(=O)O)C(C)CC. The largest absolute Gasteiger partial charge is 0.480 e. The van der Waals surface area contributed by atoms with Gasteiger partial charge in [-0.3, -0.25) is 9.59 Å². The molecule has 0 aromatic rings. The summed E-state index contributed by atoms with van der Waals surface area (Å²) >= 11 is 1.51. The van der Waals surface area contributed by atoms with E-state index in [9.17, 15) is 19.5 Å². The average Bonchev–Trinajstić information content (AvgIpc) is 2.60. The van der Waals surface area contributed by atoms with Crippen molar-refractivity contribution in [3.05, 3.63) is 0 Å². The van der Waals surface area contributed by atoms with Gasteiger partial charge in [0.25, 0.3) is 0 Å². The number of hydrogen-bond acceptors (Lipinski definition) is 5.